The first-order valence-electron chi connectivity index (χ1n) is 13.5. The van der Waals surface area contributed by atoms with Gasteiger partial charge in [-0.1, -0.05) is 60.6 Å². The molecule has 4 fully saturated rings. The Labute approximate surface area is 192 Å². The molecule has 0 aromatic carbocycles. The van der Waals surface area contributed by atoms with E-state index < -0.39 is 0 Å². The highest BCUT2D eigenvalue weighted by Gasteiger charge is 2.67. The van der Waals surface area contributed by atoms with Crippen LogP contribution >= 0.6 is 0 Å². The van der Waals surface area contributed by atoms with E-state index in [1.807, 2.05) is 0 Å². The lowest BCUT2D eigenvalue weighted by atomic mass is 9.38. The molecule has 4 rings (SSSR count). The predicted molar refractivity (Wildman–Crippen MR) is 130 cm³/mol. The first-order chi connectivity index (χ1) is 14.4. The summed E-state index contributed by atoms with van der Waals surface area (Å²) in [5.74, 6) is 4.29. The van der Waals surface area contributed by atoms with Gasteiger partial charge in [0.25, 0.3) is 0 Å². The van der Waals surface area contributed by atoms with Crippen molar-refractivity contribution in [2.75, 3.05) is 0 Å². The average Bonchev–Trinajstić information content (AvgIpc) is 3.03. The maximum atomic E-state index is 11.8. The molecule has 0 heterocycles. The summed E-state index contributed by atoms with van der Waals surface area (Å²) in [4.78, 5) is 0. The molecular weight excluding hydrogens is 380 g/mol. The van der Waals surface area contributed by atoms with Crippen LogP contribution in [-0.4, -0.2) is 22.4 Å². The minimum absolute atomic E-state index is 0.120. The summed E-state index contributed by atoms with van der Waals surface area (Å²) in [6.45, 7) is 17.0. The number of fused-ring (bicyclic) bond motifs is 5. The molecule has 0 spiro atoms. The van der Waals surface area contributed by atoms with Gasteiger partial charge in [-0.05, 0) is 109 Å². The summed E-state index contributed by atoms with van der Waals surface area (Å²) in [5.41, 5.74) is 0.680. The van der Waals surface area contributed by atoms with E-state index in [0.29, 0.717) is 35.5 Å². The topological polar surface area (TPSA) is 40.5 Å². The molecule has 0 amide bonds. The fourth-order valence-corrected chi connectivity index (χ4v) is 9.70. The monoisotopic (exact) mass is 430 g/mol. The van der Waals surface area contributed by atoms with Crippen molar-refractivity contribution in [3.8, 4) is 0 Å². The molecule has 2 N–H and O–H groups in total. The first-order valence-corrected chi connectivity index (χ1v) is 13.5. The Bertz CT molecular complexity index is 684. The smallest absolute Gasteiger partial charge is 0.0584 e. The summed E-state index contributed by atoms with van der Waals surface area (Å²) in [7, 11) is 0. The third-order valence-electron chi connectivity index (χ3n) is 11.6. The molecule has 0 radical (unpaired) electrons. The van der Waals surface area contributed by atoms with Gasteiger partial charge in [0.1, 0.15) is 0 Å². The van der Waals surface area contributed by atoms with Crippen molar-refractivity contribution in [3.05, 3.63) is 12.2 Å². The van der Waals surface area contributed by atoms with E-state index in [1.54, 1.807) is 0 Å². The second-order valence-electron chi connectivity index (χ2n) is 13.5. The fraction of sp³-hybridized carbons (Fsp3) is 0.931. The van der Waals surface area contributed by atoms with E-state index in [-0.39, 0.29) is 28.5 Å². The number of aliphatic hydroxyl groups excluding tert-OH is 2. The van der Waals surface area contributed by atoms with E-state index in [4.69, 9.17) is 0 Å². The Morgan fingerprint density at radius 3 is 2.16 bits per heavy atom. The minimum atomic E-state index is -0.194. The molecule has 0 aliphatic heterocycles. The molecule has 4 saturated carbocycles. The number of aliphatic hydroxyl groups is 2. The van der Waals surface area contributed by atoms with Crippen molar-refractivity contribution >= 4 is 0 Å². The van der Waals surface area contributed by atoms with Gasteiger partial charge < -0.3 is 10.2 Å². The van der Waals surface area contributed by atoms with Crippen LogP contribution in [0.25, 0.3) is 0 Å². The summed E-state index contributed by atoms with van der Waals surface area (Å²) < 4.78 is 0. The lowest BCUT2D eigenvalue weighted by molar-refractivity contribution is -0.220. The zero-order valence-electron chi connectivity index (χ0n) is 21.4. The highest BCUT2D eigenvalue weighted by atomic mass is 16.3. The highest BCUT2D eigenvalue weighted by molar-refractivity contribution is 5.17. The Balaban J connectivity index is 1.61. The van der Waals surface area contributed by atoms with Crippen LogP contribution in [0.15, 0.2) is 12.2 Å². The molecule has 178 valence electrons. The maximum absolute atomic E-state index is 11.8. The number of hydrogen-bond acceptors (Lipinski definition) is 2. The van der Waals surface area contributed by atoms with E-state index in [0.717, 1.165) is 31.6 Å². The molecule has 4 aliphatic rings. The molecule has 4 aliphatic carbocycles. The largest absolute Gasteiger partial charge is 0.393 e. The SMILES string of the molecule is CC(C)[C@@H](C)C=C[C@@H](C)[C@H]1CC[C@H]2[C@]3(C)CC[C@H]4C[C@@H](O)CC[C@]4(C)[C@H]3[C@@H](O)C[C@@]21C. The molecule has 31 heavy (non-hydrogen) atoms. The van der Waals surface area contributed by atoms with Crippen LogP contribution in [0.4, 0.5) is 0 Å². The highest BCUT2D eigenvalue weighted by Crippen LogP contribution is 2.72. The second kappa shape index (κ2) is 8.15. The van der Waals surface area contributed by atoms with Gasteiger partial charge in [0.05, 0.1) is 12.2 Å². The normalized spacial score (nSPS) is 51.9. The van der Waals surface area contributed by atoms with E-state index in [9.17, 15) is 10.2 Å². The molecular formula is C29H50O2. The van der Waals surface area contributed by atoms with Crippen LogP contribution < -0.4 is 0 Å². The summed E-state index contributed by atoms with van der Waals surface area (Å²) in [6, 6.07) is 0. The van der Waals surface area contributed by atoms with Crippen LogP contribution in [0.1, 0.15) is 99.8 Å². The molecule has 2 heteroatoms. The van der Waals surface area contributed by atoms with Crippen LogP contribution in [0.3, 0.4) is 0 Å². The van der Waals surface area contributed by atoms with Crippen molar-refractivity contribution < 1.29 is 10.2 Å². The lowest BCUT2D eigenvalue weighted by Gasteiger charge is -2.67. The van der Waals surface area contributed by atoms with Gasteiger partial charge in [-0.3, -0.25) is 0 Å². The quantitative estimate of drug-likeness (QED) is 0.479. The van der Waals surface area contributed by atoms with E-state index >= 15 is 0 Å². The molecule has 0 aromatic rings. The summed E-state index contributed by atoms with van der Waals surface area (Å²) in [6.07, 6.45) is 13.7. The van der Waals surface area contributed by atoms with Gasteiger partial charge in [0, 0.05) is 0 Å². The van der Waals surface area contributed by atoms with Crippen molar-refractivity contribution in [2.45, 2.75) is 112 Å². The molecule has 0 bridgehead atoms. The van der Waals surface area contributed by atoms with Crippen LogP contribution in [0.2, 0.25) is 0 Å². The average molecular weight is 431 g/mol. The number of hydrogen-bond donors (Lipinski definition) is 2. The Morgan fingerprint density at radius 2 is 1.48 bits per heavy atom. The zero-order valence-corrected chi connectivity index (χ0v) is 21.4. The van der Waals surface area contributed by atoms with E-state index in [2.05, 4.69) is 60.6 Å². The Hall–Kier alpha value is -0.340. The third-order valence-corrected chi connectivity index (χ3v) is 11.6. The van der Waals surface area contributed by atoms with E-state index in [1.165, 1.54) is 25.7 Å². The van der Waals surface area contributed by atoms with Crippen molar-refractivity contribution in [1.82, 2.24) is 0 Å². The van der Waals surface area contributed by atoms with Gasteiger partial charge in [-0.25, -0.2) is 0 Å². The van der Waals surface area contributed by atoms with Crippen molar-refractivity contribution in [1.29, 1.82) is 0 Å². The Kier molecular flexibility index (Phi) is 6.26. The number of rotatable bonds is 4. The molecule has 11 atom stereocenters. The molecule has 0 unspecified atom stereocenters. The van der Waals surface area contributed by atoms with Gasteiger partial charge >= 0.3 is 0 Å². The predicted octanol–water partition coefficient (Wildman–Crippen LogP) is 6.85. The summed E-state index contributed by atoms with van der Waals surface area (Å²) in [5, 5.41) is 22.1. The summed E-state index contributed by atoms with van der Waals surface area (Å²) >= 11 is 0. The fourth-order valence-electron chi connectivity index (χ4n) is 9.70. The van der Waals surface area contributed by atoms with Gasteiger partial charge in [0.15, 0.2) is 0 Å². The lowest BCUT2D eigenvalue weighted by Crippen LogP contribution is -2.63. The van der Waals surface area contributed by atoms with Gasteiger partial charge in [-0.15, -0.1) is 0 Å². The minimum Gasteiger partial charge on any atom is -0.393 e. The molecule has 2 nitrogen and oxygen atoms in total. The third kappa shape index (κ3) is 3.67. The zero-order chi connectivity index (χ0) is 22.8. The van der Waals surface area contributed by atoms with Crippen LogP contribution in [0.5, 0.6) is 0 Å². The standard InChI is InChI=1S/C29H50O2/c1-18(2)19(3)8-9-20(4)23-10-11-25-28(6)14-12-21-16-22(30)13-15-27(21,5)26(28)24(31)17-29(23,25)7/h8-9,18-26,30-31H,10-17H2,1-7H3/t19-,20+,21-,22-,23+,24-,25-,26+,27-,28-,29+/m0/s1. The van der Waals surface area contributed by atoms with Crippen LogP contribution in [-0.2, 0) is 0 Å². The van der Waals surface area contributed by atoms with Gasteiger partial charge in [-0.2, -0.15) is 0 Å². The maximum Gasteiger partial charge on any atom is 0.0584 e. The Morgan fingerprint density at radius 1 is 0.806 bits per heavy atom. The second-order valence-corrected chi connectivity index (χ2v) is 13.5. The van der Waals surface area contributed by atoms with Crippen molar-refractivity contribution in [3.63, 3.8) is 0 Å². The molecule has 0 saturated heterocycles. The number of allylic oxidation sites excluding steroid dienone is 2. The van der Waals surface area contributed by atoms with Gasteiger partial charge in [0.2, 0.25) is 0 Å². The van der Waals surface area contributed by atoms with Crippen molar-refractivity contribution in [2.24, 2.45) is 57.7 Å². The van der Waals surface area contributed by atoms with Crippen LogP contribution in [0, 0.1) is 57.7 Å². The first kappa shape index (κ1) is 23.8. The molecule has 0 aromatic heterocycles.